The number of thiazole rings is 1. The Morgan fingerprint density at radius 1 is 1.28 bits per heavy atom. The maximum atomic E-state index is 5.69. The predicted molar refractivity (Wildman–Crippen MR) is 78.9 cm³/mol. The van der Waals surface area contributed by atoms with Crippen LogP contribution in [0.5, 0.6) is 0 Å². The molecule has 2 N–H and O–H groups in total. The van der Waals surface area contributed by atoms with Crippen molar-refractivity contribution < 1.29 is 0 Å². The molecule has 0 bridgehead atoms. The van der Waals surface area contributed by atoms with E-state index in [4.69, 9.17) is 5.73 Å². The van der Waals surface area contributed by atoms with Crippen molar-refractivity contribution in [1.29, 1.82) is 0 Å². The smallest absolute Gasteiger partial charge is 0.123 e. The Morgan fingerprint density at radius 3 is 2.44 bits per heavy atom. The van der Waals surface area contributed by atoms with Gasteiger partial charge >= 0.3 is 0 Å². The van der Waals surface area contributed by atoms with Gasteiger partial charge in [0.05, 0.1) is 5.69 Å². The number of nitrogens with two attached hydrogens (primary N) is 1. The average Bonchev–Trinajstić information content (AvgIpc) is 2.79. The number of aryl methyl sites for hydroxylation is 1. The van der Waals surface area contributed by atoms with E-state index in [9.17, 15) is 0 Å². The topological polar surface area (TPSA) is 38.9 Å². The second-order valence-electron chi connectivity index (χ2n) is 4.66. The summed E-state index contributed by atoms with van der Waals surface area (Å²) in [6.07, 6.45) is 1.17. The van der Waals surface area contributed by atoms with Crippen LogP contribution in [0.25, 0.3) is 10.6 Å². The van der Waals surface area contributed by atoms with Crippen molar-refractivity contribution in [3.8, 4) is 10.6 Å². The minimum Gasteiger partial charge on any atom is -0.326 e. The van der Waals surface area contributed by atoms with E-state index in [1.165, 1.54) is 22.4 Å². The summed E-state index contributed by atoms with van der Waals surface area (Å²) in [5.74, 6) is 0.622. The molecule has 0 aliphatic heterocycles. The normalized spacial score (nSPS) is 12.7. The lowest BCUT2D eigenvalue weighted by atomic mass is 9.98. The molecule has 0 aliphatic rings. The predicted octanol–water partition coefficient (Wildman–Crippen LogP) is 4.09. The molecule has 0 aliphatic carbocycles. The van der Waals surface area contributed by atoms with Gasteiger partial charge in [-0.05, 0) is 24.8 Å². The average molecular weight is 260 g/mol. The zero-order valence-corrected chi connectivity index (χ0v) is 12.1. The highest BCUT2D eigenvalue weighted by Gasteiger charge is 2.09. The zero-order valence-electron chi connectivity index (χ0n) is 11.2. The van der Waals surface area contributed by atoms with E-state index in [1.54, 1.807) is 11.3 Å². The molecule has 0 saturated heterocycles. The van der Waals surface area contributed by atoms with Gasteiger partial charge in [-0.2, -0.15) is 0 Å². The molecule has 2 aromatic rings. The Balaban J connectivity index is 2.28. The summed E-state index contributed by atoms with van der Waals surface area (Å²) in [6, 6.07) is 8.75. The molecule has 2 rings (SSSR count). The fourth-order valence-corrected chi connectivity index (χ4v) is 2.88. The Bertz CT molecular complexity index is 514. The molecule has 1 heterocycles. The minimum atomic E-state index is 0.578. The van der Waals surface area contributed by atoms with Crippen LogP contribution >= 0.6 is 11.3 Å². The highest BCUT2D eigenvalue weighted by Crippen LogP contribution is 2.29. The quantitative estimate of drug-likeness (QED) is 0.899. The van der Waals surface area contributed by atoms with Gasteiger partial charge in [0.25, 0.3) is 0 Å². The van der Waals surface area contributed by atoms with Gasteiger partial charge in [0, 0.05) is 17.0 Å². The van der Waals surface area contributed by atoms with Crippen LogP contribution in [0.15, 0.2) is 24.3 Å². The van der Waals surface area contributed by atoms with E-state index in [1.807, 2.05) is 6.92 Å². The Labute approximate surface area is 113 Å². The lowest BCUT2D eigenvalue weighted by Crippen LogP contribution is -1.94. The van der Waals surface area contributed by atoms with Gasteiger partial charge in [-0.3, -0.25) is 0 Å². The van der Waals surface area contributed by atoms with Crippen molar-refractivity contribution in [2.24, 2.45) is 5.73 Å². The first-order chi connectivity index (χ1) is 8.65. The maximum Gasteiger partial charge on any atom is 0.123 e. The first-order valence-corrected chi connectivity index (χ1v) is 7.24. The van der Waals surface area contributed by atoms with Crippen molar-refractivity contribution >= 4 is 11.3 Å². The Kier molecular flexibility index (Phi) is 4.15. The first-order valence-electron chi connectivity index (χ1n) is 6.42. The van der Waals surface area contributed by atoms with Crippen molar-refractivity contribution in [1.82, 2.24) is 4.98 Å². The van der Waals surface area contributed by atoms with Crippen LogP contribution in [0, 0.1) is 6.92 Å². The molecule has 96 valence electrons. The summed E-state index contributed by atoms with van der Waals surface area (Å²) in [7, 11) is 0. The lowest BCUT2D eigenvalue weighted by Gasteiger charge is -2.08. The molecule has 0 saturated carbocycles. The van der Waals surface area contributed by atoms with Crippen LogP contribution < -0.4 is 5.73 Å². The fourth-order valence-electron chi connectivity index (χ4n) is 1.93. The van der Waals surface area contributed by atoms with E-state index in [0.717, 1.165) is 10.7 Å². The van der Waals surface area contributed by atoms with E-state index < -0.39 is 0 Å². The molecule has 18 heavy (non-hydrogen) atoms. The van der Waals surface area contributed by atoms with Gasteiger partial charge in [0.2, 0.25) is 0 Å². The van der Waals surface area contributed by atoms with Crippen molar-refractivity contribution in [2.45, 2.75) is 39.7 Å². The van der Waals surface area contributed by atoms with Crippen LogP contribution in [-0.2, 0) is 6.54 Å². The highest BCUT2D eigenvalue weighted by atomic mass is 32.1. The first kappa shape index (κ1) is 13.2. The summed E-state index contributed by atoms with van der Waals surface area (Å²) in [5.41, 5.74) is 9.34. The van der Waals surface area contributed by atoms with Crippen molar-refractivity contribution in [3.63, 3.8) is 0 Å². The van der Waals surface area contributed by atoms with E-state index in [-0.39, 0.29) is 0 Å². The summed E-state index contributed by atoms with van der Waals surface area (Å²) < 4.78 is 0. The summed E-state index contributed by atoms with van der Waals surface area (Å²) in [4.78, 5) is 5.76. The minimum absolute atomic E-state index is 0.578. The third kappa shape index (κ3) is 2.62. The lowest BCUT2D eigenvalue weighted by molar-refractivity contribution is 0.734. The molecule has 0 radical (unpaired) electrons. The molecule has 0 amide bonds. The molecule has 1 unspecified atom stereocenters. The number of rotatable bonds is 4. The zero-order chi connectivity index (χ0) is 13.1. The number of hydrogen-bond acceptors (Lipinski definition) is 3. The highest BCUT2D eigenvalue weighted by molar-refractivity contribution is 7.15. The Morgan fingerprint density at radius 2 is 1.94 bits per heavy atom. The van der Waals surface area contributed by atoms with Crippen molar-refractivity contribution in [2.75, 3.05) is 0 Å². The van der Waals surface area contributed by atoms with E-state index in [2.05, 4.69) is 43.1 Å². The standard InChI is InChI=1S/C15H20N2S/c1-4-10(2)12-5-7-13(8-6-12)15-17-11(3)14(9-16)18-15/h5-8,10H,4,9,16H2,1-3H3. The summed E-state index contributed by atoms with van der Waals surface area (Å²) in [6.45, 7) is 7.08. The van der Waals surface area contributed by atoms with Crippen LogP contribution in [-0.4, -0.2) is 4.98 Å². The van der Waals surface area contributed by atoms with Crippen LogP contribution in [0.4, 0.5) is 0 Å². The molecule has 3 heteroatoms. The molecule has 1 atom stereocenters. The molecular formula is C15H20N2S. The molecule has 0 fully saturated rings. The van der Waals surface area contributed by atoms with Gasteiger partial charge in [-0.25, -0.2) is 4.98 Å². The number of aromatic nitrogens is 1. The number of benzene rings is 1. The van der Waals surface area contributed by atoms with Gasteiger partial charge in [0.15, 0.2) is 0 Å². The van der Waals surface area contributed by atoms with E-state index >= 15 is 0 Å². The SMILES string of the molecule is CCC(C)c1ccc(-c2nc(C)c(CN)s2)cc1. The second-order valence-corrected chi connectivity index (χ2v) is 5.75. The number of nitrogens with zero attached hydrogens (tertiary/aromatic N) is 1. The van der Waals surface area contributed by atoms with Gasteiger partial charge in [0.1, 0.15) is 5.01 Å². The van der Waals surface area contributed by atoms with Crippen LogP contribution in [0.1, 0.15) is 42.3 Å². The van der Waals surface area contributed by atoms with Crippen molar-refractivity contribution in [3.05, 3.63) is 40.4 Å². The molecular weight excluding hydrogens is 240 g/mol. The van der Waals surface area contributed by atoms with Gasteiger partial charge < -0.3 is 5.73 Å². The summed E-state index contributed by atoms with van der Waals surface area (Å²) >= 11 is 1.70. The van der Waals surface area contributed by atoms with Crippen LogP contribution in [0.2, 0.25) is 0 Å². The third-order valence-corrected chi connectivity index (χ3v) is 4.65. The third-order valence-electron chi connectivity index (χ3n) is 3.42. The largest absolute Gasteiger partial charge is 0.326 e. The molecule has 2 nitrogen and oxygen atoms in total. The monoisotopic (exact) mass is 260 g/mol. The molecule has 0 spiro atoms. The second kappa shape index (κ2) is 5.63. The van der Waals surface area contributed by atoms with Gasteiger partial charge in [-0.1, -0.05) is 38.1 Å². The number of hydrogen-bond donors (Lipinski definition) is 1. The maximum absolute atomic E-state index is 5.69. The van der Waals surface area contributed by atoms with Crippen LogP contribution in [0.3, 0.4) is 0 Å². The Hall–Kier alpha value is -1.19. The fraction of sp³-hybridized carbons (Fsp3) is 0.400. The summed E-state index contributed by atoms with van der Waals surface area (Å²) in [5, 5.41) is 1.07. The van der Waals surface area contributed by atoms with E-state index in [0.29, 0.717) is 12.5 Å². The molecule has 1 aromatic carbocycles. The molecule has 1 aromatic heterocycles. The van der Waals surface area contributed by atoms with Gasteiger partial charge in [-0.15, -0.1) is 11.3 Å².